The fourth-order valence-electron chi connectivity index (χ4n) is 9.62. The Morgan fingerprint density at radius 3 is 1.59 bits per heavy atom. The van der Waals surface area contributed by atoms with E-state index < -0.39 is 0 Å². The summed E-state index contributed by atoms with van der Waals surface area (Å²) in [5.41, 5.74) is 15.9. The molecule has 0 saturated carbocycles. The highest BCUT2D eigenvalue weighted by Gasteiger charge is 2.22. The molecule has 0 fully saturated rings. The molecule has 0 N–H and O–H groups in total. The Hall–Kier alpha value is -8.18. The number of anilines is 3. The maximum absolute atomic E-state index is 6.76. The molecule has 13 aromatic rings. The van der Waals surface area contributed by atoms with Gasteiger partial charge in [0.05, 0.1) is 0 Å². The summed E-state index contributed by atoms with van der Waals surface area (Å²) < 4.78 is 15.9. The van der Waals surface area contributed by atoms with Crippen LogP contribution in [0.4, 0.5) is 17.1 Å². The van der Waals surface area contributed by atoms with E-state index in [1.54, 1.807) is 0 Å². The molecule has 300 valence electrons. The van der Waals surface area contributed by atoms with Crippen molar-refractivity contribution in [3.8, 4) is 44.5 Å². The highest BCUT2D eigenvalue weighted by molar-refractivity contribution is 7.26. The van der Waals surface area contributed by atoms with Crippen molar-refractivity contribution in [3.05, 3.63) is 224 Å². The van der Waals surface area contributed by atoms with Crippen LogP contribution in [0.1, 0.15) is 0 Å². The predicted molar refractivity (Wildman–Crippen MR) is 270 cm³/mol. The normalized spacial score (nSPS) is 11.8. The molecule has 0 aliphatic carbocycles. The van der Waals surface area contributed by atoms with E-state index in [0.29, 0.717) is 0 Å². The van der Waals surface area contributed by atoms with Crippen LogP contribution in [0.5, 0.6) is 0 Å². The summed E-state index contributed by atoms with van der Waals surface area (Å²) in [6.45, 7) is 0. The highest BCUT2D eigenvalue weighted by atomic mass is 32.1. The zero-order chi connectivity index (χ0) is 42.1. The van der Waals surface area contributed by atoms with Crippen molar-refractivity contribution in [1.29, 1.82) is 0 Å². The second kappa shape index (κ2) is 14.7. The second-order valence-electron chi connectivity index (χ2n) is 16.4. The van der Waals surface area contributed by atoms with Crippen molar-refractivity contribution in [3.63, 3.8) is 0 Å². The zero-order valence-corrected chi connectivity index (χ0v) is 35.4. The first-order valence-corrected chi connectivity index (χ1v) is 22.5. The molecule has 0 spiro atoms. The fourth-order valence-corrected chi connectivity index (χ4v) is 10.9. The molecule has 0 unspecified atom stereocenters. The maximum Gasteiger partial charge on any atom is 0.144 e. The Kier molecular flexibility index (Phi) is 8.40. The van der Waals surface area contributed by atoms with Gasteiger partial charge < -0.3 is 13.7 Å². The molecular formula is C60H37NO2S. The predicted octanol–water partition coefficient (Wildman–Crippen LogP) is 18.0. The molecule has 10 aromatic carbocycles. The summed E-state index contributed by atoms with van der Waals surface area (Å²) in [6, 6.07) is 80.2. The van der Waals surface area contributed by atoms with Crippen molar-refractivity contribution >= 4 is 92.4 Å². The van der Waals surface area contributed by atoms with E-state index in [1.165, 1.54) is 42.4 Å². The minimum Gasteiger partial charge on any atom is -0.456 e. The molecule has 64 heavy (non-hydrogen) atoms. The van der Waals surface area contributed by atoms with Gasteiger partial charge in [0.15, 0.2) is 0 Å². The minimum absolute atomic E-state index is 0.849. The van der Waals surface area contributed by atoms with Crippen LogP contribution in [0.3, 0.4) is 0 Å². The third-order valence-electron chi connectivity index (χ3n) is 12.7. The first-order chi connectivity index (χ1) is 31.7. The Balaban J connectivity index is 0.900. The molecule has 0 atom stereocenters. The van der Waals surface area contributed by atoms with E-state index in [4.69, 9.17) is 8.83 Å². The van der Waals surface area contributed by atoms with Crippen molar-refractivity contribution in [2.24, 2.45) is 0 Å². The highest BCUT2D eigenvalue weighted by Crippen LogP contribution is 2.46. The lowest BCUT2D eigenvalue weighted by atomic mass is 9.96. The van der Waals surface area contributed by atoms with Gasteiger partial charge >= 0.3 is 0 Å². The number of furan rings is 2. The van der Waals surface area contributed by atoms with Crippen molar-refractivity contribution in [1.82, 2.24) is 0 Å². The maximum atomic E-state index is 6.76. The number of hydrogen-bond donors (Lipinski definition) is 0. The Morgan fingerprint density at radius 1 is 0.328 bits per heavy atom. The Bertz CT molecular complexity index is 3860. The fraction of sp³-hybridized carbons (Fsp3) is 0. The van der Waals surface area contributed by atoms with E-state index in [2.05, 4.69) is 217 Å². The molecule has 3 aromatic heterocycles. The van der Waals surface area contributed by atoms with Crippen LogP contribution < -0.4 is 4.90 Å². The van der Waals surface area contributed by atoms with E-state index in [0.717, 1.165) is 83.2 Å². The van der Waals surface area contributed by atoms with Crippen LogP contribution in [0, 0.1) is 0 Å². The molecule has 4 heteroatoms. The third kappa shape index (κ3) is 5.95. The lowest BCUT2D eigenvalue weighted by Gasteiger charge is -2.26. The molecule has 0 aliphatic heterocycles. The van der Waals surface area contributed by atoms with Gasteiger partial charge in [-0.2, -0.15) is 0 Å². The van der Waals surface area contributed by atoms with E-state index in [-0.39, 0.29) is 0 Å². The molecular weight excluding hydrogens is 799 g/mol. The molecule has 3 heterocycles. The van der Waals surface area contributed by atoms with Crippen molar-refractivity contribution in [2.75, 3.05) is 4.90 Å². The largest absolute Gasteiger partial charge is 0.456 e. The summed E-state index contributed by atoms with van der Waals surface area (Å²) in [6.07, 6.45) is 0. The number of thiophene rings is 1. The van der Waals surface area contributed by atoms with Crippen LogP contribution in [-0.2, 0) is 0 Å². The number of rotatable bonds is 7. The number of fused-ring (bicyclic) bond motifs is 9. The van der Waals surface area contributed by atoms with Crippen LogP contribution in [0.15, 0.2) is 233 Å². The van der Waals surface area contributed by atoms with Gasteiger partial charge in [-0.25, -0.2) is 0 Å². The number of para-hydroxylation sites is 1. The first kappa shape index (κ1) is 36.5. The quantitative estimate of drug-likeness (QED) is 0.160. The zero-order valence-electron chi connectivity index (χ0n) is 34.5. The van der Waals surface area contributed by atoms with Crippen LogP contribution in [-0.4, -0.2) is 0 Å². The average molecular weight is 836 g/mol. The summed E-state index contributed by atoms with van der Waals surface area (Å²) in [5, 5.41) is 6.88. The van der Waals surface area contributed by atoms with Gasteiger partial charge in [-0.3, -0.25) is 0 Å². The van der Waals surface area contributed by atoms with Crippen LogP contribution in [0.25, 0.3) is 109 Å². The molecule has 0 saturated heterocycles. The number of benzene rings is 10. The molecule has 0 radical (unpaired) electrons. The van der Waals surface area contributed by atoms with Gasteiger partial charge in [-0.15, -0.1) is 11.3 Å². The molecule has 0 bridgehead atoms. The van der Waals surface area contributed by atoms with E-state index in [1.807, 2.05) is 23.5 Å². The van der Waals surface area contributed by atoms with E-state index >= 15 is 0 Å². The third-order valence-corrected chi connectivity index (χ3v) is 13.9. The van der Waals surface area contributed by atoms with Crippen LogP contribution >= 0.6 is 11.3 Å². The lowest BCUT2D eigenvalue weighted by Crippen LogP contribution is -2.09. The van der Waals surface area contributed by atoms with E-state index in [9.17, 15) is 0 Å². The number of nitrogens with zero attached hydrogens (tertiary/aromatic N) is 1. The molecule has 3 nitrogen and oxygen atoms in total. The summed E-state index contributed by atoms with van der Waals surface area (Å²) >= 11 is 1.87. The van der Waals surface area contributed by atoms with Gasteiger partial charge in [0.2, 0.25) is 0 Å². The average Bonchev–Trinajstić information content (AvgIpc) is 4.06. The van der Waals surface area contributed by atoms with Crippen LogP contribution in [0.2, 0.25) is 0 Å². The Morgan fingerprint density at radius 2 is 0.875 bits per heavy atom. The SMILES string of the molecule is c1ccc(-c2ccc(N(c3ccc(-c4ccc5oc6c(-c7ccccc7)c7c(cc6c5c4)oc4ccccc47)cc3)c3ccc(-c4cccc5c4sc4ccccc45)cc3)cc2)cc1. The molecule has 0 aliphatic rings. The summed E-state index contributed by atoms with van der Waals surface area (Å²) in [7, 11) is 0. The van der Waals surface area contributed by atoms with Crippen molar-refractivity contribution in [2.45, 2.75) is 0 Å². The topological polar surface area (TPSA) is 29.5 Å². The van der Waals surface area contributed by atoms with Gasteiger partial charge in [0.25, 0.3) is 0 Å². The smallest absolute Gasteiger partial charge is 0.144 e. The van der Waals surface area contributed by atoms with Gasteiger partial charge in [-0.05, 0) is 106 Å². The monoisotopic (exact) mass is 835 g/mol. The minimum atomic E-state index is 0.849. The van der Waals surface area contributed by atoms with Crippen molar-refractivity contribution < 1.29 is 8.83 Å². The second-order valence-corrected chi connectivity index (χ2v) is 17.5. The van der Waals surface area contributed by atoms with Gasteiger partial charge in [0.1, 0.15) is 22.3 Å². The molecule has 0 amide bonds. The Labute approximate surface area is 373 Å². The lowest BCUT2D eigenvalue weighted by molar-refractivity contribution is 0.664. The standard InChI is InChI=1S/C60H37NO2S/c1-3-12-38(13-4-1)39-22-29-44(30-23-39)61(46-33-26-41(27-34-46)47-18-11-19-49-48-16-8-10-21-56(48)64-60(47)49)45-31-24-40(25-32-45)43-28-35-54-51(36-43)52-37-55-58(50-17-7-9-20-53(50)62-55)57(59(52)63-54)42-14-5-2-6-15-42/h1-37H. The molecule has 13 rings (SSSR count). The van der Waals surface area contributed by atoms with Gasteiger partial charge in [0, 0.05) is 64.3 Å². The van der Waals surface area contributed by atoms with Gasteiger partial charge in [-0.1, -0.05) is 158 Å². The summed E-state index contributed by atoms with van der Waals surface area (Å²) in [4.78, 5) is 2.35. The summed E-state index contributed by atoms with van der Waals surface area (Å²) in [5.74, 6) is 0. The first-order valence-electron chi connectivity index (χ1n) is 21.6. The number of hydrogen-bond acceptors (Lipinski definition) is 4.